The Hall–Kier alpha value is -2.27. The molecule has 0 aromatic carbocycles. The van der Waals surface area contributed by atoms with Gasteiger partial charge < -0.3 is 21.3 Å². The van der Waals surface area contributed by atoms with Crippen molar-refractivity contribution in [2.75, 3.05) is 18.1 Å². The summed E-state index contributed by atoms with van der Waals surface area (Å²) in [5.74, 6) is 1.56. The zero-order valence-corrected chi connectivity index (χ0v) is 25.7. The summed E-state index contributed by atoms with van der Waals surface area (Å²) in [6.07, 6.45) is 5.06. The molecular formula is C28H45N5O4S2. The quantitative estimate of drug-likeness (QED) is 0.432. The summed E-state index contributed by atoms with van der Waals surface area (Å²) in [4.78, 5) is 56.7. The summed E-state index contributed by atoms with van der Waals surface area (Å²) in [6.45, 7) is 11.6. The summed E-state index contributed by atoms with van der Waals surface area (Å²) < 4.78 is 0. The average Bonchev–Trinajstić information content (AvgIpc) is 2.87. The molecule has 2 bridgehead atoms. The van der Waals surface area contributed by atoms with E-state index in [2.05, 4.69) is 32.3 Å². The summed E-state index contributed by atoms with van der Waals surface area (Å²) in [6, 6.07) is 0.565. The van der Waals surface area contributed by atoms with Crippen LogP contribution >= 0.6 is 23.5 Å². The number of nitrogens with one attached hydrogen (secondary N) is 4. The highest BCUT2D eigenvalue weighted by molar-refractivity contribution is 7.98. The number of aromatic nitrogens is 1. The van der Waals surface area contributed by atoms with Gasteiger partial charge in [0.25, 0.3) is 0 Å². The van der Waals surface area contributed by atoms with Gasteiger partial charge in [-0.2, -0.15) is 23.5 Å². The van der Waals surface area contributed by atoms with E-state index in [0.29, 0.717) is 25.1 Å². The Balaban J connectivity index is 2.25. The molecule has 1 aromatic heterocycles. The lowest BCUT2D eigenvalue weighted by Gasteiger charge is -2.30. The number of hydrogen-bond donors (Lipinski definition) is 4. The van der Waals surface area contributed by atoms with Crippen molar-refractivity contribution in [3.8, 4) is 0 Å². The molecule has 4 amide bonds. The summed E-state index contributed by atoms with van der Waals surface area (Å²) in [5.41, 5.74) is 0.993. The van der Waals surface area contributed by atoms with E-state index in [9.17, 15) is 19.2 Å². The summed E-state index contributed by atoms with van der Waals surface area (Å²) >= 11 is 3.34. The van der Waals surface area contributed by atoms with Crippen LogP contribution in [0.1, 0.15) is 71.9 Å². The Bertz CT molecular complexity index is 988. The second-order valence-electron chi connectivity index (χ2n) is 11.0. The van der Waals surface area contributed by atoms with Gasteiger partial charge in [0.1, 0.15) is 17.6 Å². The monoisotopic (exact) mass is 579 g/mol. The third-order valence-electron chi connectivity index (χ3n) is 6.55. The molecule has 218 valence electrons. The zero-order chi connectivity index (χ0) is 29.0. The molecule has 1 aliphatic rings. The number of pyridine rings is 1. The van der Waals surface area contributed by atoms with Crippen molar-refractivity contribution in [3.05, 3.63) is 29.6 Å². The number of carbonyl (C=O) groups is 4. The lowest BCUT2D eigenvalue weighted by Crippen LogP contribution is -2.61. The number of fused-ring (bicyclic) bond motifs is 2. The van der Waals surface area contributed by atoms with Gasteiger partial charge in [-0.1, -0.05) is 40.2 Å². The minimum atomic E-state index is -1.21. The van der Waals surface area contributed by atoms with E-state index in [0.717, 1.165) is 28.4 Å². The first kappa shape index (κ1) is 32.9. The fourth-order valence-electron chi connectivity index (χ4n) is 4.07. The lowest BCUT2D eigenvalue weighted by atomic mass is 9.96. The molecule has 0 aliphatic carbocycles. The number of nitrogens with zero attached hydrogens (tertiary/aromatic N) is 1. The van der Waals surface area contributed by atoms with E-state index in [1.165, 1.54) is 0 Å². The molecule has 4 N–H and O–H groups in total. The predicted molar refractivity (Wildman–Crippen MR) is 159 cm³/mol. The van der Waals surface area contributed by atoms with Gasteiger partial charge in [0.2, 0.25) is 23.6 Å². The smallest absolute Gasteiger partial charge is 0.245 e. The van der Waals surface area contributed by atoms with Crippen molar-refractivity contribution in [2.45, 2.75) is 89.9 Å². The first-order valence-corrected chi connectivity index (χ1v) is 16.0. The van der Waals surface area contributed by atoms with E-state index < -0.39 is 29.4 Å². The van der Waals surface area contributed by atoms with Gasteiger partial charge >= 0.3 is 0 Å². The van der Waals surface area contributed by atoms with Crippen LogP contribution in [0.3, 0.4) is 0 Å². The first-order valence-electron chi connectivity index (χ1n) is 13.7. The van der Waals surface area contributed by atoms with Crippen LogP contribution < -0.4 is 21.3 Å². The number of thioether (sulfide) groups is 2. The predicted octanol–water partition coefficient (Wildman–Crippen LogP) is 3.02. The molecule has 9 nitrogen and oxygen atoms in total. The van der Waals surface area contributed by atoms with E-state index in [1.54, 1.807) is 37.4 Å². The van der Waals surface area contributed by atoms with Crippen molar-refractivity contribution in [2.24, 2.45) is 11.8 Å². The highest BCUT2D eigenvalue weighted by Gasteiger charge is 2.35. The maximum absolute atomic E-state index is 13.4. The van der Waals surface area contributed by atoms with Gasteiger partial charge in [-0.25, -0.2) is 0 Å². The highest BCUT2D eigenvalue weighted by Crippen LogP contribution is 2.18. The fraction of sp³-hybridized carbons (Fsp3) is 0.679. The molecule has 0 fully saturated rings. The van der Waals surface area contributed by atoms with Crippen LogP contribution in [0.25, 0.3) is 0 Å². The standard InChI is InChI=1S/C28H45N5O4S2/c1-7-19(4)24-26(36)30-9-11-39-17-21-13-20(14-29-15-21)16-38-10-8-23(34)33-28(5,6)27(37)31-22(12-18(2)3)25(35)32-24/h13-15,18-19,22,24H,7-12,16-17H2,1-6H3,(H,30,36)(H,31,37)(H,32,35)(H,33,34)/t19-,22-,24-/m0/s1. The molecule has 3 atom stereocenters. The van der Waals surface area contributed by atoms with Crippen molar-refractivity contribution >= 4 is 47.2 Å². The average molecular weight is 580 g/mol. The van der Waals surface area contributed by atoms with E-state index in [1.807, 2.05) is 40.1 Å². The number of hydrogen-bond acceptors (Lipinski definition) is 7. The maximum atomic E-state index is 13.4. The summed E-state index contributed by atoms with van der Waals surface area (Å²) in [5, 5.41) is 11.5. The van der Waals surface area contributed by atoms with Crippen LogP contribution in [0, 0.1) is 11.8 Å². The van der Waals surface area contributed by atoms with Crippen LogP contribution in [0.15, 0.2) is 18.5 Å². The summed E-state index contributed by atoms with van der Waals surface area (Å²) in [7, 11) is 0. The van der Waals surface area contributed by atoms with Gasteiger partial charge in [-0.05, 0) is 43.2 Å². The molecule has 0 radical (unpaired) electrons. The van der Waals surface area contributed by atoms with Crippen LogP contribution in [0.4, 0.5) is 0 Å². The fourth-order valence-corrected chi connectivity index (χ4v) is 5.72. The van der Waals surface area contributed by atoms with Crippen molar-refractivity contribution in [3.63, 3.8) is 0 Å². The van der Waals surface area contributed by atoms with Crippen LogP contribution in [-0.2, 0) is 30.7 Å². The Morgan fingerprint density at radius 2 is 1.62 bits per heavy atom. The number of carbonyl (C=O) groups excluding carboxylic acids is 4. The largest absolute Gasteiger partial charge is 0.353 e. The molecule has 1 aromatic rings. The third kappa shape index (κ3) is 11.4. The minimum Gasteiger partial charge on any atom is -0.353 e. The Morgan fingerprint density at radius 1 is 0.974 bits per heavy atom. The van der Waals surface area contributed by atoms with E-state index in [-0.39, 0.29) is 30.1 Å². The molecule has 2 heterocycles. The van der Waals surface area contributed by atoms with Gasteiger partial charge in [0.15, 0.2) is 0 Å². The minimum absolute atomic E-state index is 0.0926. The third-order valence-corrected chi connectivity index (χ3v) is 8.61. The van der Waals surface area contributed by atoms with E-state index in [4.69, 9.17) is 0 Å². The molecule has 0 saturated carbocycles. The molecule has 1 aliphatic heterocycles. The second kappa shape index (κ2) is 16.1. The van der Waals surface area contributed by atoms with Gasteiger partial charge in [0, 0.05) is 48.4 Å². The molecule has 0 saturated heterocycles. The molecule has 0 spiro atoms. The molecule has 39 heavy (non-hydrogen) atoms. The second-order valence-corrected chi connectivity index (χ2v) is 13.3. The van der Waals surface area contributed by atoms with Crippen molar-refractivity contribution in [1.82, 2.24) is 26.3 Å². The lowest BCUT2D eigenvalue weighted by molar-refractivity contribution is -0.136. The molecular weight excluding hydrogens is 534 g/mol. The van der Waals surface area contributed by atoms with Gasteiger partial charge in [-0.15, -0.1) is 0 Å². The number of rotatable bonds is 4. The Labute approximate surface area is 241 Å². The van der Waals surface area contributed by atoms with Crippen LogP contribution in [0.5, 0.6) is 0 Å². The maximum Gasteiger partial charge on any atom is 0.245 e. The van der Waals surface area contributed by atoms with Crippen LogP contribution in [-0.4, -0.2) is 64.3 Å². The molecule has 2 rings (SSSR count). The van der Waals surface area contributed by atoms with Crippen LogP contribution in [0.2, 0.25) is 0 Å². The SMILES string of the molecule is CC[C@H](C)[C@@H]1NC(=O)[C@H](CC(C)C)NC(=O)C(C)(C)NC(=O)CCSCc2cncc(c2)CSCCNC1=O. The molecule has 0 unspecified atom stereocenters. The zero-order valence-electron chi connectivity index (χ0n) is 24.1. The normalized spacial score (nSPS) is 23.4. The Kier molecular flexibility index (Phi) is 13.6. The number of amides is 4. The van der Waals surface area contributed by atoms with Crippen molar-refractivity contribution in [1.29, 1.82) is 0 Å². The molecule has 11 heteroatoms. The highest BCUT2D eigenvalue weighted by atomic mass is 32.2. The van der Waals surface area contributed by atoms with Gasteiger partial charge in [0.05, 0.1) is 0 Å². The van der Waals surface area contributed by atoms with E-state index >= 15 is 0 Å². The van der Waals surface area contributed by atoms with Crippen molar-refractivity contribution < 1.29 is 19.2 Å². The van der Waals surface area contributed by atoms with Gasteiger partial charge in [-0.3, -0.25) is 24.2 Å². The first-order chi connectivity index (χ1) is 18.4. The topological polar surface area (TPSA) is 129 Å². The Morgan fingerprint density at radius 3 is 2.23 bits per heavy atom.